The molecule has 1 heterocycles. The molecule has 0 aromatic heterocycles. The number of rotatable bonds is 3. The molecule has 1 aliphatic rings. The van der Waals surface area contributed by atoms with Crippen LogP contribution in [0.1, 0.15) is 0 Å². The summed E-state index contributed by atoms with van der Waals surface area (Å²) in [5, 5.41) is 8.59. The third kappa shape index (κ3) is 3.03. The normalized spacial score (nSPS) is 15.1. The molecule has 2 aromatic carbocycles. The first kappa shape index (κ1) is 13.6. The lowest BCUT2D eigenvalue weighted by Gasteiger charge is -2.37. The fraction of sp³-hybridized carbons (Fsp3) is 0.250. The van der Waals surface area contributed by atoms with E-state index in [1.165, 1.54) is 5.69 Å². The van der Waals surface area contributed by atoms with Crippen LogP contribution in [0.15, 0.2) is 48.5 Å². The summed E-state index contributed by atoms with van der Waals surface area (Å²) in [6, 6.07) is 15.5. The Labute approximate surface area is 124 Å². The van der Waals surface area contributed by atoms with E-state index in [0.717, 1.165) is 37.6 Å². The minimum Gasteiger partial charge on any atom is -0.399 e. The Hall–Kier alpha value is -2.40. The maximum atomic E-state index is 8.59. The van der Waals surface area contributed by atoms with E-state index in [2.05, 4.69) is 26.8 Å². The van der Waals surface area contributed by atoms with E-state index in [1.54, 1.807) is 12.1 Å². The first-order chi connectivity index (χ1) is 10.3. The van der Waals surface area contributed by atoms with Gasteiger partial charge in [-0.15, -0.1) is 0 Å². The molecule has 3 N–H and O–H groups in total. The molecular formula is C16H19N3O2. The fourth-order valence-corrected chi connectivity index (χ4v) is 2.63. The van der Waals surface area contributed by atoms with Gasteiger partial charge in [-0.3, -0.25) is 0 Å². The molecular weight excluding hydrogens is 266 g/mol. The Balaban J connectivity index is 1.62. The van der Waals surface area contributed by atoms with Crippen LogP contribution in [-0.2, 0) is 0 Å². The summed E-state index contributed by atoms with van der Waals surface area (Å²) in [6.07, 6.45) is 0. The molecule has 0 atom stereocenters. The van der Waals surface area contributed by atoms with Gasteiger partial charge in [0, 0.05) is 43.2 Å². The molecule has 0 radical (unpaired) electrons. The standard InChI is InChI=1S/C16H19N3O2/c17-13-1-3-14(4-2-13)18-9-11-19(12-10-18)15-5-7-16(21-20)8-6-15/h1-8,20H,9-12,17H2. The molecule has 3 rings (SSSR count). The molecule has 5 nitrogen and oxygen atoms in total. The molecule has 0 spiro atoms. The summed E-state index contributed by atoms with van der Waals surface area (Å²) in [4.78, 5) is 8.89. The molecule has 2 aromatic rings. The zero-order chi connectivity index (χ0) is 14.7. The molecule has 0 saturated carbocycles. The van der Waals surface area contributed by atoms with Crippen LogP contribution in [0.4, 0.5) is 17.1 Å². The van der Waals surface area contributed by atoms with Crippen LogP contribution >= 0.6 is 0 Å². The molecule has 0 unspecified atom stereocenters. The zero-order valence-electron chi connectivity index (χ0n) is 11.8. The second-order valence-corrected chi connectivity index (χ2v) is 5.15. The third-order valence-corrected chi connectivity index (χ3v) is 3.85. The van der Waals surface area contributed by atoms with Gasteiger partial charge in [0.05, 0.1) is 0 Å². The molecule has 0 bridgehead atoms. The van der Waals surface area contributed by atoms with Crippen molar-refractivity contribution in [3.63, 3.8) is 0 Å². The maximum Gasteiger partial charge on any atom is 0.165 e. The minimum atomic E-state index is 0.458. The van der Waals surface area contributed by atoms with Gasteiger partial charge in [-0.05, 0) is 48.5 Å². The molecule has 1 saturated heterocycles. The van der Waals surface area contributed by atoms with E-state index in [-0.39, 0.29) is 0 Å². The SMILES string of the molecule is Nc1ccc(N2CCN(c3ccc(OO)cc3)CC2)cc1. The van der Waals surface area contributed by atoms with Gasteiger partial charge in [-0.25, -0.2) is 5.26 Å². The van der Waals surface area contributed by atoms with E-state index in [4.69, 9.17) is 11.0 Å². The number of anilines is 3. The second-order valence-electron chi connectivity index (χ2n) is 5.15. The van der Waals surface area contributed by atoms with Crippen molar-refractivity contribution in [1.29, 1.82) is 0 Å². The summed E-state index contributed by atoms with van der Waals surface area (Å²) in [5.41, 5.74) is 8.88. The summed E-state index contributed by atoms with van der Waals surface area (Å²) in [5.74, 6) is 0.458. The van der Waals surface area contributed by atoms with Crippen LogP contribution in [0.2, 0.25) is 0 Å². The number of nitrogens with zero attached hydrogens (tertiary/aromatic N) is 2. The van der Waals surface area contributed by atoms with Crippen molar-refractivity contribution in [2.45, 2.75) is 0 Å². The van der Waals surface area contributed by atoms with Crippen molar-refractivity contribution >= 4 is 17.1 Å². The Morgan fingerprint density at radius 2 is 1.19 bits per heavy atom. The predicted octanol–water partition coefficient (Wildman–Crippen LogP) is 2.45. The second kappa shape index (κ2) is 5.93. The van der Waals surface area contributed by atoms with Crippen LogP contribution in [0.3, 0.4) is 0 Å². The quantitative estimate of drug-likeness (QED) is 0.515. The highest BCUT2D eigenvalue weighted by Crippen LogP contribution is 2.23. The summed E-state index contributed by atoms with van der Waals surface area (Å²) >= 11 is 0. The smallest absolute Gasteiger partial charge is 0.165 e. The number of nitrogens with two attached hydrogens (primary N) is 1. The van der Waals surface area contributed by atoms with Crippen molar-refractivity contribution in [3.8, 4) is 5.75 Å². The Bertz CT molecular complexity index is 575. The lowest BCUT2D eigenvalue weighted by atomic mass is 10.2. The summed E-state index contributed by atoms with van der Waals surface area (Å²) in [6.45, 7) is 3.87. The largest absolute Gasteiger partial charge is 0.399 e. The van der Waals surface area contributed by atoms with Crippen LogP contribution in [0, 0.1) is 0 Å². The Morgan fingerprint density at radius 1 is 0.762 bits per heavy atom. The van der Waals surface area contributed by atoms with Crippen LogP contribution in [0.5, 0.6) is 5.75 Å². The average molecular weight is 285 g/mol. The lowest BCUT2D eigenvalue weighted by molar-refractivity contribution is -0.137. The van der Waals surface area contributed by atoms with E-state index in [0.29, 0.717) is 5.75 Å². The number of hydrogen-bond donors (Lipinski definition) is 2. The molecule has 0 amide bonds. The number of benzene rings is 2. The molecule has 110 valence electrons. The van der Waals surface area contributed by atoms with Crippen LogP contribution in [0.25, 0.3) is 0 Å². The van der Waals surface area contributed by atoms with Crippen molar-refractivity contribution in [2.24, 2.45) is 0 Å². The van der Waals surface area contributed by atoms with Crippen molar-refractivity contribution in [1.82, 2.24) is 0 Å². The van der Waals surface area contributed by atoms with Gasteiger partial charge in [0.1, 0.15) is 0 Å². The Morgan fingerprint density at radius 3 is 1.62 bits per heavy atom. The monoisotopic (exact) mass is 285 g/mol. The van der Waals surface area contributed by atoms with E-state index < -0.39 is 0 Å². The summed E-state index contributed by atoms with van der Waals surface area (Å²) in [7, 11) is 0. The fourth-order valence-electron chi connectivity index (χ4n) is 2.63. The van der Waals surface area contributed by atoms with Crippen molar-refractivity contribution < 1.29 is 10.1 Å². The molecule has 0 aliphatic carbocycles. The molecule has 21 heavy (non-hydrogen) atoms. The summed E-state index contributed by atoms with van der Waals surface area (Å²) < 4.78 is 0. The Kier molecular flexibility index (Phi) is 3.83. The zero-order valence-corrected chi connectivity index (χ0v) is 11.8. The van der Waals surface area contributed by atoms with E-state index >= 15 is 0 Å². The number of piperazine rings is 1. The van der Waals surface area contributed by atoms with Crippen molar-refractivity contribution in [3.05, 3.63) is 48.5 Å². The third-order valence-electron chi connectivity index (χ3n) is 3.85. The maximum absolute atomic E-state index is 8.59. The average Bonchev–Trinajstić information content (AvgIpc) is 2.56. The molecule has 1 aliphatic heterocycles. The molecule has 1 fully saturated rings. The van der Waals surface area contributed by atoms with Gasteiger partial charge in [0.2, 0.25) is 0 Å². The predicted molar refractivity (Wildman–Crippen MR) is 85.0 cm³/mol. The lowest BCUT2D eigenvalue weighted by Crippen LogP contribution is -2.46. The van der Waals surface area contributed by atoms with Gasteiger partial charge in [-0.2, -0.15) is 0 Å². The van der Waals surface area contributed by atoms with Gasteiger partial charge in [0.25, 0.3) is 0 Å². The van der Waals surface area contributed by atoms with Gasteiger partial charge >= 0.3 is 0 Å². The van der Waals surface area contributed by atoms with Gasteiger partial charge in [-0.1, -0.05) is 0 Å². The first-order valence-electron chi connectivity index (χ1n) is 7.03. The topological polar surface area (TPSA) is 62.0 Å². The molecule has 5 heteroatoms. The van der Waals surface area contributed by atoms with E-state index in [1.807, 2.05) is 24.3 Å². The first-order valence-corrected chi connectivity index (χ1v) is 7.03. The van der Waals surface area contributed by atoms with Crippen LogP contribution < -0.4 is 20.4 Å². The van der Waals surface area contributed by atoms with Gasteiger partial charge in [0.15, 0.2) is 5.75 Å². The highest BCUT2D eigenvalue weighted by molar-refractivity contribution is 5.55. The number of hydrogen-bond acceptors (Lipinski definition) is 5. The number of nitrogen functional groups attached to an aromatic ring is 1. The highest BCUT2D eigenvalue weighted by atomic mass is 17.1. The van der Waals surface area contributed by atoms with Gasteiger partial charge < -0.3 is 20.4 Å². The highest BCUT2D eigenvalue weighted by Gasteiger charge is 2.17. The van der Waals surface area contributed by atoms with Crippen LogP contribution in [-0.4, -0.2) is 31.4 Å². The minimum absolute atomic E-state index is 0.458. The van der Waals surface area contributed by atoms with Crippen molar-refractivity contribution in [2.75, 3.05) is 41.7 Å². The van der Waals surface area contributed by atoms with E-state index in [9.17, 15) is 0 Å².